The monoisotopic (exact) mass is 535 g/mol. The Labute approximate surface area is 226 Å². The summed E-state index contributed by atoms with van der Waals surface area (Å²) >= 11 is 0. The zero-order valence-electron chi connectivity index (χ0n) is 22.2. The van der Waals surface area contributed by atoms with Crippen molar-refractivity contribution in [2.45, 2.75) is 45.8 Å². The van der Waals surface area contributed by atoms with Gasteiger partial charge >= 0.3 is 0 Å². The second-order valence-electron chi connectivity index (χ2n) is 9.71. The van der Waals surface area contributed by atoms with Crippen LogP contribution in [0.4, 0.5) is 5.69 Å². The predicted molar refractivity (Wildman–Crippen MR) is 152 cm³/mol. The largest absolute Gasteiger partial charge is 0.492 e. The predicted octanol–water partition coefficient (Wildman–Crippen LogP) is 4.97. The molecule has 0 spiro atoms. The number of ether oxygens (including phenoxy) is 1. The Morgan fingerprint density at radius 2 is 1.63 bits per heavy atom. The van der Waals surface area contributed by atoms with Gasteiger partial charge in [0.2, 0.25) is 10.0 Å². The Bertz CT molecular complexity index is 1320. The fraction of sp³-hybridized carbons (Fsp3) is 0.367. The number of sulfonamides is 1. The smallest absolute Gasteiger partial charge is 0.251 e. The Balaban J connectivity index is 1.38. The van der Waals surface area contributed by atoms with Crippen LogP contribution in [0, 0.1) is 0 Å². The standard InChI is InChI=1S/C30H37N3O4S/c1-3-37-29-13-6-5-12-28(29)33(38(2,35)36)23-24-14-16-27(17-15-24)30(34)31-21-25-10-9-11-26(20-25)22-32-18-7-4-8-19-32/h5-6,9-17,20H,3-4,7-8,18-19,21-23H2,1-2H3,(H,31,34). The molecule has 8 heteroatoms. The van der Waals surface area contributed by atoms with Gasteiger partial charge in [-0.15, -0.1) is 0 Å². The summed E-state index contributed by atoms with van der Waals surface area (Å²) in [7, 11) is -3.56. The van der Waals surface area contributed by atoms with Gasteiger partial charge in [-0.25, -0.2) is 8.42 Å². The molecule has 1 N–H and O–H groups in total. The van der Waals surface area contributed by atoms with Crippen molar-refractivity contribution >= 4 is 21.6 Å². The van der Waals surface area contributed by atoms with Crippen molar-refractivity contribution in [1.29, 1.82) is 0 Å². The summed E-state index contributed by atoms with van der Waals surface area (Å²) in [6.07, 6.45) is 5.03. The lowest BCUT2D eigenvalue weighted by Gasteiger charge is -2.26. The summed E-state index contributed by atoms with van der Waals surface area (Å²) in [4.78, 5) is 15.3. The van der Waals surface area contributed by atoms with E-state index in [9.17, 15) is 13.2 Å². The lowest BCUT2D eigenvalue weighted by atomic mass is 10.1. The van der Waals surface area contributed by atoms with Crippen LogP contribution >= 0.6 is 0 Å². The van der Waals surface area contributed by atoms with Gasteiger partial charge < -0.3 is 10.1 Å². The Hall–Kier alpha value is -3.36. The van der Waals surface area contributed by atoms with Gasteiger partial charge in [0.15, 0.2) is 0 Å². The maximum atomic E-state index is 12.8. The zero-order chi connectivity index (χ0) is 27.0. The zero-order valence-corrected chi connectivity index (χ0v) is 23.0. The number of para-hydroxylation sites is 2. The van der Waals surface area contributed by atoms with Gasteiger partial charge in [-0.1, -0.05) is 55.0 Å². The molecule has 1 aliphatic heterocycles. The van der Waals surface area contributed by atoms with E-state index in [1.807, 2.05) is 25.1 Å². The maximum absolute atomic E-state index is 12.8. The fourth-order valence-corrected chi connectivity index (χ4v) is 5.64. The van der Waals surface area contributed by atoms with Gasteiger partial charge in [-0.05, 0) is 73.8 Å². The van der Waals surface area contributed by atoms with E-state index < -0.39 is 10.0 Å². The summed E-state index contributed by atoms with van der Waals surface area (Å²) in [6, 6.07) is 22.5. The topological polar surface area (TPSA) is 79.0 Å². The molecule has 1 amide bonds. The van der Waals surface area contributed by atoms with Crippen molar-refractivity contribution in [3.8, 4) is 5.75 Å². The number of piperidine rings is 1. The molecule has 1 aliphatic rings. The molecule has 0 radical (unpaired) electrons. The molecule has 0 saturated carbocycles. The van der Waals surface area contributed by atoms with E-state index in [2.05, 4.69) is 22.3 Å². The van der Waals surface area contributed by atoms with Crippen molar-refractivity contribution in [2.24, 2.45) is 0 Å². The molecule has 3 aromatic rings. The lowest BCUT2D eigenvalue weighted by Crippen LogP contribution is -2.30. The number of hydrogen-bond donors (Lipinski definition) is 1. The summed E-state index contributed by atoms with van der Waals surface area (Å²) in [6.45, 7) is 6.12. The third-order valence-electron chi connectivity index (χ3n) is 6.68. The highest BCUT2D eigenvalue weighted by atomic mass is 32.2. The van der Waals surface area contributed by atoms with E-state index in [0.717, 1.165) is 30.8 Å². The highest BCUT2D eigenvalue weighted by Crippen LogP contribution is 2.31. The van der Waals surface area contributed by atoms with E-state index in [0.29, 0.717) is 30.2 Å². The third kappa shape index (κ3) is 7.58. The number of carbonyl (C=O) groups is 1. The van der Waals surface area contributed by atoms with Crippen molar-refractivity contribution < 1.29 is 17.9 Å². The molecule has 1 heterocycles. The number of amides is 1. The van der Waals surface area contributed by atoms with Crippen LogP contribution in [-0.4, -0.2) is 45.2 Å². The molecule has 0 aliphatic carbocycles. The molecule has 7 nitrogen and oxygen atoms in total. The number of anilines is 1. The number of hydrogen-bond acceptors (Lipinski definition) is 5. The average molecular weight is 536 g/mol. The molecule has 0 unspecified atom stereocenters. The van der Waals surface area contributed by atoms with Gasteiger partial charge in [-0.2, -0.15) is 0 Å². The van der Waals surface area contributed by atoms with Gasteiger partial charge in [0.05, 0.1) is 25.1 Å². The molecule has 0 atom stereocenters. The summed E-state index contributed by atoms with van der Waals surface area (Å²) < 4.78 is 32.2. The Morgan fingerprint density at radius 1 is 0.921 bits per heavy atom. The molecule has 38 heavy (non-hydrogen) atoms. The van der Waals surface area contributed by atoms with Gasteiger partial charge in [0.1, 0.15) is 5.75 Å². The quantitative estimate of drug-likeness (QED) is 0.375. The summed E-state index contributed by atoms with van der Waals surface area (Å²) in [5.41, 5.74) is 4.12. The van der Waals surface area contributed by atoms with E-state index in [4.69, 9.17) is 4.74 Å². The van der Waals surface area contributed by atoms with E-state index >= 15 is 0 Å². The van der Waals surface area contributed by atoms with Crippen molar-refractivity contribution in [3.05, 3.63) is 95.1 Å². The van der Waals surface area contributed by atoms with Crippen molar-refractivity contribution in [3.63, 3.8) is 0 Å². The number of carbonyl (C=O) groups excluding carboxylic acids is 1. The second kappa shape index (κ2) is 12.9. The maximum Gasteiger partial charge on any atom is 0.251 e. The molecular weight excluding hydrogens is 498 g/mol. The minimum absolute atomic E-state index is 0.134. The SMILES string of the molecule is CCOc1ccccc1N(Cc1ccc(C(=O)NCc2cccc(CN3CCCCC3)c2)cc1)S(C)(=O)=O. The molecule has 0 bridgehead atoms. The molecular formula is C30H37N3O4S. The molecule has 3 aromatic carbocycles. The number of nitrogens with zero attached hydrogens (tertiary/aromatic N) is 2. The van der Waals surface area contributed by atoms with Crippen molar-refractivity contribution in [1.82, 2.24) is 10.2 Å². The lowest BCUT2D eigenvalue weighted by molar-refractivity contribution is 0.0951. The minimum Gasteiger partial charge on any atom is -0.492 e. The Kier molecular flexibility index (Phi) is 9.42. The number of rotatable bonds is 11. The first kappa shape index (κ1) is 27.7. The molecule has 0 aromatic heterocycles. The third-order valence-corrected chi connectivity index (χ3v) is 7.80. The van der Waals surface area contributed by atoms with Crippen LogP contribution in [0.15, 0.2) is 72.8 Å². The first-order valence-electron chi connectivity index (χ1n) is 13.2. The molecule has 1 saturated heterocycles. The van der Waals surface area contributed by atoms with Crippen LogP contribution in [0.1, 0.15) is 53.2 Å². The molecule has 1 fully saturated rings. The Morgan fingerprint density at radius 3 is 2.34 bits per heavy atom. The van der Waals surface area contributed by atoms with Crippen LogP contribution in [0.25, 0.3) is 0 Å². The highest BCUT2D eigenvalue weighted by molar-refractivity contribution is 7.92. The second-order valence-corrected chi connectivity index (χ2v) is 11.6. The van der Waals surface area contributed by atoms with Crippen LogP contribution in [0.2, 0.25) is 0 Å². The van der Waals surface area contributed by atoms with Crippen LogP contribution < -0.4 is 14.4 Å². The van der Waals surface area contributed by atoms with Crippen LogP contribution in [0.3, 0.4) is 0 Å². The first-order chi connectivity index (χ1) is 18.3. The number of benzene rings is 3. The summed E-state index contributed by atoms with van der Waals surface area (Å²) in [5, 5.41) is 3.00. The van der Waals surface area contributed by atoms with Gasteiger partial charge in [0, 0.05) is 18.7 Å². The van der Waals surface area contributed by atoms with Gasteiger partial charge in [0.25, 0.3) is 5.91 Å². The molecule has 4 rings (SSSR count). The normalized spacial score (nSPS) is 14.2. The summed E-state index contributed by atoms with van der Waals surface area (Å²) in [5.74, 6) is 0.344. The van der Waals surface area contributed by atoms with Crippen molar-refractivity contribution in [2.75, 3.05) is 30.3 Å². The van der Waals surface area contributed by atoms with E-state index in [1.165, 1.54) is 35.4 Å². The fourth-order valence-electron chi connectivity index (χ4n) is 4.75. The minimum atomic E-state index is -3.56. The number of likely N-dealkylation sites (tertiary alicyclic amines) is 1. The van der Waals surface area contributed by atoms with E-state index in [-0.39, 0.29) is 12.5 Å². The average Bonchev–Trinajstić information content (AvgIpc) is 2.91. The number of nitrogens with one attached hydrogen (secondary N) is 1. The highest BCUT2D eigenvalue weighted by Gasteiger charge is 2.21. The first-order valence-corrected chi connectivity index (χ1v) is 15.0. The van der Waals surface area contributed by atoms with Crippen LogP contribution in [-0.2, 0) is 29.7 Å². The van der Waals surface area contributed by atoms with Gasteiger partial charge in [-0.3, -0.25) is 14.0 Å². The van der Waals surface area contributed by atoms with E-state index in [1.54, 1.807) is 42.5 Å². The molecule has 202 valence electrons. The van der Waals surface area contributed by atoms with Crippen LogP contribution in [0.5, 0.6) is 5.75 Å².